The molecule has 11 heavy (non-hydrogen) atoms. The molecule has 0 aliphatic rings. The van der Waals surface area contributed by atoms with E-state index in [1.165, 1.54) is 0 Å². The van der Waals surface area contributed by atoms with Crippen molar-refractivity contribution in [2.75, 3.05) is 0 Å². The van der Waals surface area contributed by atoms with Gasteiger partial charge in [-0.2, -0.15) is 5.10 Å². The summed E-state index contributed by atoms with van der Waals surface area (Å²) < 4.78 is 0. The van der Waals surface area contributed by atoms with E-state index in [1.807, 2.05) is 0 Å². The number of aromatic nitrogens is 3. The minimum atomic E-state index is -0.572. The van der Waals surface area contributed by atoms with E-state index in [0.29, 0.717) is 5.82 Å². The summed E-state index contributed by atoms with van der Waals surface area (Å²) in [7, 11) is 0. The van der Waals surface area contributed by atoms with E-state index in [-0.39, 0.29) is 0 Å². The van der Waals surface area contributed by atoms with Gasteiger partial charge in [-0.25, -0.2) is 4.98 Å². The summed E-state index contributed by atoms with van der Waals surface area (Å²) >= 11 is 0. The van der Waals surface area contributed by atoms with Crippen molar-refractivity contribution in [3.63, 3.8) is 0 Å². The highest BCUT2D eigenvalue weighted by atomic mass is 16.3. The van der Waals surface area contributed by atoms with E-state index in [2.05, 4.69) is 22.1 Å². The molecule has 0 radical (unpaired) electrons. The molecule has 0 bridgehead atoms. The molecular weight excluding hydrogens is 142 g/mol. The summed E-state index contributed by atoms with van der Waals surface area (Å²) in [6.07, 6.45) is 1.35. The number of rotatable bonds is 3. The van der Waals surface area contributed by atoms with Crippen molar-refractivity contribution in [3.8, 4) is 0 Å². The van der Waals surface area contributed by atoms with Crippen molar-refractivity contribution in [2.45, 2.75) is 32.8 Å². The number of aliphatic hydroxyl groups excluding tert-OH is 1. The minimum Gasteiger partial charge on any atom is -0.385 e. The Balaban J connectivity index is 2.66. The van der Waals surface area contributed by atoms with Gasteiger partial charge in [0.1, 0.15) is 11.9 Å². The molecule has 62 valence electrons. The zero-order valence-corrected chi connectivity index (χ0v) is 6.83. The highest BCUT2D eigenvalue weighted by Gasteiger charge is 2.06. The maximum Gasteiger partial charge on any atom is 0.178 e. The van der Waals surface area contributed by atoms with Crippen LogP contribution in [0.2, 0.25) is 0 Å². The van der Waals surface area contributed by atoms with Crippen LogP contribution in [0, 0.1) is 0 Å². The second-order valence-corrected chi connectivity index (χ2v) is 2.57. The van der Waals surface area contributed by atoms with Gasteiger partial charge in [0.2, 0.25) is 0 Å². The lowest BCUT2D eigenvalue weighted by Gasteiger charge is -1.93. The van der Waals surface area contributed by atoms with Gasteiger partial charge < -0.3 is 5.11 Å². The lowest BCUT2D eigenvalue weighted by molar-refractivity contribution is 0.189. The van der Waals surface area contributed by atoms with Crippen molar-refractivity contribution >= 4 is 0 Å². The van der Waals surface area contributed by atoms with Crippen LogP contribution in [0.3, 0.4) is 0 Å². The number of nitrogens with one attached hydrogen (secondary N) is 1. The highest BCUT2D eigenvalue weighted by Crippen LogP contribution is 2.05. The Hall–Kier alpha value is -0.900. The Morgan fingerprint density at radius 1 is 1.64 bits per heavy atom. The van der Waals surface area contributed by atoms with Crippen LogP contribution in [-0.4, -0.2) is 20.3 Å². The maximum absolute atomic E-state index is 9.06. The molecule has 2 N–H and O–H groups in total. The molecule has 0 saturated carbocycles. The molecule has 1 aromatic heterocycles. The number of aromatic amines is 1. The minimum absolute atomic E-state index is 0.480. The number of aryl methyl sites for hydroxylation is 1. The van der Waals surface area contributed by atoms with Crippen LogP contribution >= 0.6 is 0 Å². The first-order valence-electron chi connectivity index (χ1n) is 3.83. The van der Waals surface area contributed by atoms with Gasteiger partial charge in [0.05, 0.1) is 0 Å². The fourth-order valence-corrected chi connectivity index (χ4v) is 0.846. The molecule has 0 aliphatic heterocycles. The summed E-state index contributed by atoms with van der Waals surface area (Å²) in [6, 6.07) is 0. The molecule has 0 aromatic carbocycles. The van der Waals surface area contributed by atoms with E-state index in [9.17, 15) is 0 Å². The standard InChI is InChI=1S/C7H13N3O/c1-3-4-6-8-7(5(2)11)10-9-6/h5,11H,3-4H2,1-2H3,(H,8,9,10). The van der Waals surface area contributed by atoms with Gasteiger partial charge in [-0.05, 0) is 13.3 Å². The molecule has 4 heteroatoms. The monoisotopic (exact) mass is 155 g/mol. The molecule has 1 atom stereocenters. The highest BCUT2D eigenvalue weighted by molar-refractivity contribution is 4.92. The quantitative estimate of drug-likeness (QED) is 0.679. The normalized spacial score (nSPS) is 13.4. The van der Waals surface area contributed by atoms with Gasteiger partial charge in [-0.1, -0.05) is 6.92 Å². The number of nitrogens with zero attached hydrogens (tertiary/aromatic N) is 2. The first kappa shape index (κ1) is 8.20. The number of hydrogen-bond donors (Lipinski definition) is 2. The summed E-state index contributed by atoms with van der Waals surface area (Å²) in [5.74, 6) is 1.33. The van der Waals surface area contributed by atoms with Crippen LogP contribution in [0.5, 0.6) is 0 Å². The predicted octanol–water partition coefficient (Wildman–Crippen LogP) is 0.810. The maximum atomic E-state index is 9.06. The zero-order valence-electron chi connectivity index (χ0n) is 6.83. The van der Waals surface area contributed by atoms with Crippen LogP contribution in [-0.2, 0) is 6.42 Å². The van der Waals surface area contributed by atoms with Crippen molar-refractivity contribution in [2.24, 2.45) is 0 Å². The molecular formula is C7H13N3O. The molecule has 1 unspecified atom stereocenters. The zero-order chi connectivity index (χ0) is 8.27. The molecule has 1 aromatic rings. The summed E-state index contributed by atoms with van der Waals surface area (Å²) in [6.45, 7) is 3.73. The molecule has 0 saturated heterocycles. The SMILES string of the molecule is CCCc1nc(C(C)O)n[nH]1. The van der Waals surface area contributed by atoms with Gasteiger partial charge in [0.25, 0.3) is 0 Å². The third-order valence-corrected chi connectivity index (χ3v) is 1.41. The summed E-state index contributed by atoms with van der Waals surface area (Å²) in [5, 5.41) is 15.7. The Morgan fingerprint density at radius 2 is 2.36 bits per heavy atom. The number of H-pyrrole nitrogens is 1. The van der Waals surface area contributed by atoms with E-state index in [0.717, 1.165) is 18.7 Å². The van der Waals surface area contributed by atoms with Crippen molar-refractivity contribution < 1.29 is 5.11 Å². The lowest BCUT2D eigenvalue weighted by atomic mass is 10.3. The molecule has 1 heterocycles. The average molecular weight is 155 g/mol. The second-order valence-electron chi connectivity index (χ2n) is 2.57. The van der Waals surface area contributed by atoms with E-state index >= 15 is 0 Å². The lowest BCUT2D eigenvalue weighted by Crippen LogP contribution is -1.93. The Kier molecular flexibility index (Phi) is 2.59. The van der Waals surface area contributed by atoms with Crippen LogP contribution in [0.1, 0.15) is 38.0 Å². The molecule has 0 spiro atoms. The molecule has 0 amide bonds. The van der Waals surface area contributed by atoms with Gasteiger partial charge in [-0.3, -0.25) is 5.10 Å². The topological polar surface area (TPSA) is 61.8 Å². The summed E-state index contributed by atoms with van der Waals surface area (Å²) in [5.41, 5.74) is 0. The van der Waals surface area contributed by atoms with Crippen LogP contribution in [0.15, 0.2) is 0 Å². The van der Waals surface area contributed by atoms with Crippen LogP contribution in [0.25, 0.3) is 0 Å². The number of aliphatic hydroxyl groups is 1. The fourth-order valence-electron chi connectivity index (χ4n) is 0.846. The van der Waals surface area contributed by atoms with Crippen molar-refractivity contribution in [3.05, 3.63) is 11.6 Å². The Bertz CT molecular complexity index is 219. The van der Waals surface area contributed by atoms with Crippen molar-refractivity contribution in [1.29, 1.82) is 0 Å². The largest absolute Gasteiger partial charge is 0.385 e. The predicted molar refractivity (Wildman–Crippen MR) is 41.0 cm³/mol. The first-order chi connectivity index (χ1) is 5.24. The molecule has 0 fully saturated rings. The van der Waals surface area contributed by atoms with E-state index in [1.54, 1.807) is 6.92 Å². The smallest absolute Gasteiger partial charge is 0.178 e. The number of hydrogen-bond acceptors (Lipinski definition) is 3. The Morgan fingerprint density at radius 3 is 2.82 bits per heavy atom. The van der Waals surface area contributed by atoms with E-state index < -0.39 is 6.10 Å². The third kappa shape index (κ3) is 2.01. The van der Waals surface area contributed by atoms with Gasteiger partial charge in [0, 0.05) is 6.42 Å². The van der Waals surface area contributed by atoms with E-state index in [4.69, 9.17) is 5.11 Å². The van der Waals surface area contributed by atoms with Gasteiger partial charge in [0.15, 0.2) is 5.82 Å². The first-order valence-corrected chi connectivity index (χ1v) is 3.83. The van der Waals surface area contributed by atoms with Crippen LogP contribution < -0.4 is 0 Å². The molecule has 0 aliphatic carbocycles. The average Bonchev–Trinajstić information content (AvgIpc) is 2.37. The molecule has 4 nitrogen and oxygen atoms in total. The fraction of sp³-hybridized carbons (Fsp3) is 0.714. The van der Waals surface area contributed by atoms with Crippen molar-refractivity contribution in [1.82, 2.24) is 15.2 Å². The van der Waals surface area contributed by atoms with Crippen LogP contribution in [0.4, 0.5) is 0 Å². The van der Waals surface area contributed by atoms with Gasteiger partial charge >= 0.3 is 0 Å². The molecule has 1 rings (SSSR count). The Labute approximate surface area is 65.7 Å². The second kappa shape index (κ2) is 3.48. The van der Waals surface area contributed by atoms with Gasteiger partial charge in [-0.15, -0.1) is 0 Å². The summed E-state index contributed by atoms with van der Waals surface area (Å²) in [4.78, 5) is 4.08. The third-order valence-electron chi connectivity index (χ3n) is 1.41.